The van der Waals surface area contributed by atoms with Crippen LogP contribution in [0, 0.1) is 5.92 Å². The number of carbonyl (C=O) groups is 1. The average Bonchev–Trinajstić information content (AvgIpc) is 2.46. The molecule has 0 spiro atoms. The molecule has 5 heteroatoms. The van der Waals surface area contributed by atoms with Crippen molar-refractivity contribution in [1.82, 2.24) is 0 Å². The lowest BCUT2D eigenvalue weighted by molar-refractivity contribution is -0.142. The Labute approximate surface area is 127 Å². The SMILES string of the molecule is O=C(O)C1CCC(N2CCNc3ccc(Br)cc32)CC1. The molecule has 0 unspecified atom stereocenters. The fraction of sp³-hybridized carbons (Fsp3) is 0.533. The van der Waals surface area contributed by atoms with Crippen LogP contribution < -0.4 is 10.2 Å². The number of benzene rings is 1. The molecule has 2 aliphatic rings. The third-order valence-corrected chi connectivity index (χ3v) is 4.92. The van der Waals surface area contributed by atoms with E-state index in [2.05, 4.69) is 44.3 Å². The third kappa shape index (κ3) is 2.64. The Balaban J connectivity index is 1.76. The molecule has 1 aromatic rings. The summed E-state index contributed by atoms with van der Waals surface area (Å²) in [4.78, 5) is 13.5. The van der Waals surface area contributed by atoms with E-state index >= 15 is 0 Å². The summed E-state index contributed by atoms with van der Waals surface area (Å²) in [5, 5.41) is 12.5. The highest BCUT2D eigenvalue weighted by Gasteiger charge is 2.31. The van der Waals surface area contributed by atoms with Gasteiger partial charge in [0.25, 0.3) is 0 Å². The molecule has 20 heavy (non-hydrogen) atoms. The van der Waals surface area contributed by atoms with E-state index in [0.717, 1.165) is 43.2 Å². The van der Waals surface area contributed by atoms with Crippen LogP contribution in [0.25, 0.3) is 0 Å². The Morgan fingerprint density at radius 1 is 1.30 bits per heavy atom. The van der Waals surface area contributed by atoms with Crippen molar-refractivity contribution < 1.29 is 9.90 Å². The summed E-state index contributed by atoms with van der Waals surface area (Å²) in [5.41, 5.74) is 2.42. The molecular formula is C15H19BrN2O2. The number of anilines is 2. The van der Waals surface area contributed by atoms with E-state index in [0.29, 0.717) is 6.04 Å². The van der Waals surface area contributed by atoms with Crippen LogP contribution >= 0.6 is 15.9 Å². The summed E-state index contributed by atoms with van der Waals surface area (Å²) < 4.78 is 1.09. The Morgan fingerprint density at radius 2 is 2.05 bits per heavy atom. The van der Waals surface area contributed by atoms with Crippen molar-refractivity contribution in [1.29, 1.82) is 0 Å². The van der Waals surface area contributed by atoms with Crippen LogP contribution in [0.4, 0.5) is 11.4 Å². The van der Waals surface area contributed by atoms with E-state index in [4.69, 9.17) is 5.11 Å². The lowest BCUT2D eigenvalue weighted by Crippen LogP contribution is -2.44. The van der Waals surface area contributed by atoms with Crippen LogP contribution in [0.2, 0.25) is 0 Å². The Bertz CT molecular complexity index is 513. The van der Waals surface area contributed by atoms with Gasteiger partial charge >= 0.3 is 5.97 Å². The third-order valence-electron chi connectivity index (χ3n) is 4.42. The zero-order valence-corrected chi connectivity index (χ0v) is 12.9. The van der Waals surface area contributed by atoms with Crippen molar-refractivity contribution in [2.24, 2.45) is 5.92 Å². The van der Waals surface area contributed by atoms with Crippen molar-refractivity contribution in [2.75, 3.05) is 23.3 Å². The fourth-order valence-corrected chi connectivity index (χ4v) is 3.69. The van der Waals surface area contributed by atoms with E-state index in [-0.39, 0.29) is 5.92 Å². The zero-order valence-electron chi connectivity index (χ0n) is 11.3. The van der Waals surface area contributed by atoms with E-state index < -0.39 is 5.97 Å². The molecule has 1 heterocycles. The summed E-state index contributed by atoms with van der Waals surface area (Å²) in [6.45, 7) is 1.94. The van der Waals surface area contributed by atoms with Gasteiger partial charge in [-0.1, -0.05) is 15.9 Å². The molecule has 1 aliphatic carbocycles. The van der Waals surface area contributed by atoms with Gasteiger partial charge in [-0.05, 0) is 43.9 Å². The predicted molar refractivity (Wildman–Crippen MR) is 83.4 cm³/mol. The molecule has 1 aliphatic heterocycles. The van der Waals surface area contributed by atoms with Gasteiger partial charge in [-0.25, -0.2) is 0 Å². The van der Waals surface area contributed by atoms with E-state index in [1.54, 1.807) is 0 Å². The van der Waals surface area contributed by atoms with E-state index in [1.807, 2.05) is 0 Å². The number of carboxylic acid groups (broad SMARTS) is 1. The van der Waals surface area contributed by atoms with Crippen LogP contribution in [-0.4, -0.2) is 30.2 Å². The minimum atomic E-state index is -0.632. The number of nitrogens with one attached hydrogen (secondary N) is 1. The number of hydrogen-bond acceptors (Lipinski definition) is 3. The highest BCUT2D eigenvalue weighted by atomic mass is 79.9. The minimum absolute atomic E-state index is 0.142. The van der Waals surface area contributed by atoms with Crippen LogP contribution in [0.3, 0.4) is 0 Å². The Kier molecular flexibility index (Phi) is 3.87. The van der Waals surface area contributed by atoms with Crippen LogP contribution in [-0.2, 0) is 4.79 Å². The molecule has 0 amide bonds. The number of nitrogens with zero attached hydrogens (tertiary/aromatic N) is 1. The first-order valence-electron chi connectivity index (χ1n) is 7.18. The van der Waals surface area contributed by atoms with Gasteiger partial charge in [-0.15, -0.1) is 0 Å². The Hall–Kier alpha value is -1.23. The molecule has 0 bridgehead atoms. The largest absolute Gasteiger partial charge is 0.481 e. The zero-order chi connectivity index (χ0) is 14.1. The Morgan fingerprint density at radius 3 is 2.75 bits per heavy atom. The molecule has 4 nitrogen and oxygen atoms in total. The van der Waals surface area contributed by atoms with Gasteiger partial charge in [0.15, 0.2) is 0 Å². The molecule has 2 N–H and O–H groups in total. The van der Waals surface area contributed by atoms with Crippen LogP contribution in [0.5, 0.6) is 0 Å². The standard InChI is InChI=1S/C15H19BrN2O2/c16-11-3-6-13-14(9-11)18(8-7-17-13)12-4-1-10(2-5-12)15(19)20/h3,6,9-10,12,17H,1-2,4-5,7-8H2,(H,19,20). The van der Waals surface area contributed by atoms with Gasteiger partial charge in [-0.3, -0.25) is 4.79 Å². The van der Waals surface area contributed by atoms with E-state index in [1.165, 1.54) is 11.4 Å². The highest BCUT2D eigenvalue weighted by Crippen LogP contribution is 2.37. The second-order valence-electron chi connectivity index (χ2n) is 5.63. The maximum absolute atomic E-state index is 11.1. The maximum atomic E-state index is 11.1. The molecule has 1 saturated carbocycles. The van der Waals surface area contributed by atoms with Crippen molar-refractivity contribution in [3.63, 3.8) is 0 Å². The van der Waals surface area contributed by atoms with Crippen molar-refractivity contribution >= 4 is 33.3 Å². The maximum Gasteiger partial charge on any atom is 0.306 e. The monoisotopic (exact) mass is 338 g/mol. The van der Waals surface area contributed by atoms with Crippen LogP contribution in [0.1, 0.15) is 25.7 Å². The molecule has 1 fully saturated rings. The van der Waals surface area contributed by atoms with Gasteiger partial charge in [-0.2, -0.15) is 0 Å². The summed E-state index contributed by atoms with van der Waals surface area (Å²) in [7, 11) is 0. The second kappa shape index (κ2) is 5.64. The smallest absolute Gasteiger partial charge is 0.306 e. The molecule has 0 saturated heterocycles. The van der Waals surface area contributed by atoms with Crippen molar-refractivity contribution in [2.45, 2.75) is 31.7 Å². The van der Waals surface area contributed by atoms with E-state index in [9.17, 15) is 4.79 Å². The lowest BCUT2D eigenvalue weighted by Gasteiger charge is -2.41. The van der Waals surface area contributed by atoms with Gasteiger partial charge in [0.1, 0.15) is 0 Å². The predicted octanol–water partition coefficient (Wildman–Crippen LogP) is 3.32. The summed E-state index contributed by atoms with van der Waals surface area (Å²) in [5.74, 6) is -0.775. The van der Waals surface area contributed by atoms with Crippen molar-refractivity contribution in [3.05, 3.63) is 22.7 Å². The molecule has 3 rings (SSSR count). The fourth-order valence-electron chi connectivity index (χ4n) is 3.34. The number of fused-ring (bicyclic) bond motifs is 1. The number of halogens is 1. The first-order chi connectivity index (χ1) is 9.65. The second-order valence-corrected chi connectivity index (χ2v) is 6.54. The number of rotatable bonds is 2. The normalized spacial score (nSPS) is 25.8. The summed E-state index contributed by atoms with van der Waals surface area (Å²) in [6.07, 6.45) is 3.55. The quantitative estimate of drug-likeness (QED) is 0.868. The number of aliphatic carboxylic acids is 1. The molecule has 0 aromatic heterocycles. The lowest BCUT2D eigenvalue weighted by atomic mass is 9.85. The summed E-state index contributed by atoms with van der Waals surface area (Å²) >= 11 is 3.54. The molecule has 108 valence electrons. The van der Waals surface area contributed by atoms with Gasteiger partial charge in [0.2, 0.25) is 0 Å². The first-order valence-corrected chi connectivity index (χ1v) is 7.97. The first kappa shape index (κ1) is 13.7. The number of hydrogen-bond donors (Lipinski definition) is 2. The molecule has 1 aromatic carbocycles. The highest BCUT2D eigenvalue weighted by molar-refractivity contribution is 9.10. The van der Waals surface area contributed by atoms with Gasteiger partial charge in [0, 0.05) is 23.6 Å². The molecular weight excluding hydrogens is 320 g/mol. The molecule has 0 radical (unpaired) electrons. The summed E-state index contributed by atoms with van der Waals surface area (Å²) in [6, 6.07) is 6.79. The van der Waals surface area contributed by atoms with Crippen LogP contribution in [0.15, 0.2) is 22.7 Å². The minimum Gasteiger partial charge on any atom is -0.481 e. The van der Waals surface area contributed by atoms with Gasteiger partial charge in [0.05, 0.1) is 17.3 Å². The topological polar surface area (TPSA) is 52.6 Å². The molecule has 0 atom stereocenters. The van der Waals surface area contributed by atoms with Crippen molar-refractivity contribution in [3.8, 4) is 0 Å². The van der Waals surface area contributed by atoms with Gasteiger partial charge < -0.3 is 15.3 Å². The average molecular weight is 339 g/mol. The number of carboxylic acids is 1.